The molecule has 0 spiro atoms. The maximum Gasteiger partial charge on any atom is 0.138 e. The van der Waals surface area contributed by atoms with E-state index in [2.05, 4.69) is 29.1 Å². The van der Waals surface area contributed by atoms with Crippen LogP contribution in [0.15, 0.2) is 42.7 Å². The molecule has 1 aromatic carbocycles. The van der Waals surface area contributed by atoms with Gasteiger partial charge < -0.3 is 10.5 Å². The number of pyridine rings is 1. The van der Waals surface area contributed by atoms with E-state index in [1.165, 1.54) is 6.42 Å². The Kier molecular flexibility index (Phi) is 4.18. The van der Waals surface area contributed by atoms with Gasteiger partial charge in [0.1, 0.15) is 12.4 Å². The standard InChI is InChI=1S/C17H21N3O/c1-20-6-5-16(20)12-21-17-8-15(10-19-11-17)14-4-2-3-13(7-14)9-18/h2-4,7-8,10-11,16H,5-6,9,12,18H2,1H3. The molecule has 0 saturated carbocycles. The molecule has 1 aliphatic heterocycles. The summed E-state index contributed by atoms with van der Waals surface area (Å²) in [5, 5.41) is 0. The number of nitrogens with two attached hydrogens (primary N) is 1. The molecule has 0 bridgehead atoms. The lowest BCUT2D eigenvalue weighted by Crippen LogP contribution is -2.48. The number of nitrogens with zero attached hydrogens (tertiary/aromatic N) is 2. The highest BCUT2D eigenvalue weighted by molar-refractivity contribution is 5.64. The molecular weight excluding hydrogens is 262 g/mol. The predicted octanol–water partition coefficient (Wildman–Crippen LogP) is 2.29. The lowest BCUT2D eigenvalue weighted by Gasteiger charge is -2.37. The van der Waals surface area contributed by atoms with Gasteiger partial charge in [0, 0.05) is 24.3 Å². The number of ether oxygens (including phenoxy) is 1. The van der Waals surface area contributed by atoms with Crippen LogP contribution in [-0.2, 0) is 6.54 Å². The molecule has 2 aromatic rings. The van der Waals surface area contributed by atoms with Crippen LogP contribution >= 0.6 is 0 Å². The average molecular weight is 283 g/mol. The van der Waals surface area contributed by atoms with E-state index in [0.29, 0.717) is 12.6 Å². The lowest BCUT2D eigenvalue weighted by molar-refractivity contribution is 0.0768. The molecule has 1 unspecified atom stereocenters. The Labute approximate surface area is 125 Å². The van der Waals surface area contributed by atoms with Crippen molar-refractivity contribution in [3.63, 3.8) is 0 Å². The molecule has 2 heterocycles. The summed E-state index contributed by atoms with van der Waals surface area (Å²) in [5.74, 6) is 0.825. The third kappa shape index (κ3) is 3.23. The van der Waals surface area contributed by atoms with E-state index in [9.17, 15) is 0 Å². The third-order valence-corrected chi connectivity index (χ3v) is 4.09. The Balaban J connectivity index is 1.72. The Bertz CT molecular complexity index is 614. The van der Waals surface area contributed by atoms with Crippen molar-refractivity contribution in [1.29, 1.82) is 0 Å². The van der Waals surface area contributed by atoms with Crippen LogP contribution in [0.2, 0.25) is 0 Å². The van der Waals surface area contributed by atoms with Crippen LogP contribution in [-0.4, -0.2) is 36.1 Å². The summed E-state index contributed by atoms with van der Waals surface area (Å²) >= 11 is 0. The Morgan fingerprint density at radius 3 is 2.90 bits per heavy atom. The predicted molar refractivity (Wildman–Crippen MR) is 84.1 cm³/mol. The van der Waals surface area contributed by atoms with Gasteiger partial charge in [0.05, 0.1) is 6.20 Å². The van der Waals surface area contributed by atoms with E-state index >= 15 is 0 Å². The highest BCUT2D eigenvalue weighted by Crippen LogP contribution is 2.24. The quantitative estimate of drug-likeness (QED) is 0.914. The number of hydrogen-bond acceptors (Lipinski definition) is 4. The Hall–Kier alpha value is -1.91. The third-order valence-electron chi connectivity index (χ3n) is 4.09. The largest absolute Gasteiger partial charge is 0.490 e. The van der Waals surface area contributed by atoms with Gasteiger partial charge in [-0.3, -0.25) is 9.88 Å². The van der Waals surface area contributed by atoms with Gasteiger partial charge >= 0.3 is 0 Å². The summed E-state index contributed by atoms with van der Waals surface area (Å²) in [4.78, 5) is 6.60. The van der Waals surface area contributed by atoms with Crippen LogP contribution in [0, 0.1) is 0 Å². The minimum Gasteiger partial charge on any atom is -0.490 e. The number of aromatic nitrogens is 1. The second kappa shape index (κ2) is 6.24. The minimum atomic E-state index is 0.536. The molecule has 110 valence electrons. The molecule has 21 heavy (non-hydrogen) atoms. The fourth-order valence-corrected chi connectivity index (χ4v) is 2.51. The summed E-state index contributed by atoms with van der Waals surface area (Å²) < 4.78 is 5.87. The summed E-state index contributed by atoms with van der Waals surface area (Å²) in [6.07, 6.45) is 4.84. The van der Waals surface area contributed by atoms with Crippen LogP contribution in [0.4, 0.5) is 0 Å². The average Bonchev–Trinajstić information content (AvgIpc) is 2.54. The zero-order valence-corrected chi connectivity index (χ0v) is 12.3. The molecule has 0 amide bonds. The number of likely N-dealkylation sites (N-methyl/N-ethyl adjacent to an activating group) is 1. The maximum atomic E-state index is 5.87. The number of likely N-dealkylation sites (tertiary alicyclic amines) is 1. The SMILES string of the molecule is CN1CCC1COc1cncc(-c2cccc(CN)c2)c1. The van der Waals surface area contributed by atoms with Crippen molar-refractivity contribution in [3.8, 4) is 16.9 Å². The van der Waals surface area contributed by atoms with Gasteiger partial charge in [-0.05, 0) is 43.3 Å². The van der Waals surface area contributed by atoms with Gasteiger partial charge in [0.25, 0.3) is 0 Å². The number of hydrogen-bond donors (Lipinski definition) is 1. The second-order valence-electron chi connectivity index (χ2n) is 5.55. The van der Waals surface area contributed by atoms with Crippen molar-refractivity contribution in [2.24, 2.45) is 5.73 Å². The second-order valence-corrected chi connectivity index (χ2v) is 5.55. The van der Waals surface area contributed by atoms with Gasteiger partial charge in [-0.1, -0.05) is 18.2 Å². The molecule has 4 nitrogen and oxygen atoms in total. The highest BCUT2D eigenvalue weighted by atomic mass is 16.5. The van der Waals surface area contributed by atoms with Gasteiger partial charge in [0.2, 0.25) is 0 Å². The van der Waals surface area contributed by atoms with Crippen molar-refractivity contribution in [2.45, 2.75) is 19.0 Å². The van der Waals surface area contributed by atoms with E-state index in [4.69, 9.17) is 10.5 Å². The van der Waals surface area contributed by atoms with Crippen molar-refractivity contribution >= 4 is 0 Å². The molecule has 3 rings (SSSR count). The Morgan fingerprint density at radius 1 is 1.29 bits per heavy atom. The van der Waals surface area contributed by atoms with Gasteiger partial charge in [-0.25, -0.2) is 0 Å². The van der Waals surface area contributed by atoms with Crippen molar-refractivity contribution < 1.29 is 4.74 Å². The fourth-order valence-electron chi connectivity index (χ4n) is 2.51. The first-order valence-electron chi connectivity index (χ1n) is 7.34. The molecule has 1 fully saturated rings. The summed E-state index contributed by atoms with van der Waals surface area (Å²) in [6, 6.07) is 10.8. The number of benzene rings is 1. The van der Waals surface area contributed by atoms with Crippen molar-refractivity contribution in [2.75, 3.05) is 20.2 Å². The van der Waals surface area contributed by atoms with Crippen molar-refractivity contribution in [1.82, 2.24) is 9.88 Å². The first-order chi connectivity index (χ1) is 10.3. The summed E-state index contributed by atoms with van der Waals surface area (Å²) in [5.41, 5.74) is 9.00. The van der Waals surface area contributed by atoms with E-state index in [1.54, 1.807) is 6.20 Å². The van der Waals surface area contributed by atoms with Crippen LogP contribution in [0.25, 0.3) is 11.1 Å². The molecule has 0 aliphatic carbocycles. The zero-order valence-electron chi connectivity index (χ0n) is 12.3. The van der Waals surface area contributed by atoms with E-state index in [-0.39, 0.29) is 0 Å². The van der Waals surface area contributed by atoms with E-state index < -0.39 is 0 Å². The smallest absolute Gasteiger partial charge is 0.138 e. The Morgan fingerprint density at radius 2 is 2.19 bits per heavy atom. The van der Waals surface area contributed by atoms with E-state index in [1.807, 2.05) is 24.4 Å². The molecular formula is C17H21N3O. The molecule has 1 atom stereocenters. The van der Waals surface area contributed by atoms with Crippen molar-refractivity contribution in [3.05, 3.63) is 48.3 Å². The maximum absolute atomic E-state index is 5.87. The molecule has 1 aliphatic rings. The van der Waals surface area contributed by atoms with Crippen LogP contribution in [0.1, 0.15) is 12.0 Å². The molecule has 0 radical (unpaired) electrons. The van der Waals surface area contributed by atoms with Gasteiger partial charge in [-0.15, -0.1) is 0 Å². The first kappa shape index (κ1) is 14.0. The lowest BCUT2D eigenvalue weighted by atomic mass is 10.0. The zero-order chi connectivity index (χ0) is 14.7. The van der Waals surface area contributed by atoms with Gasteiger partial charge in [-0.2, -0.15) is 0 Å². The molecule has 1 saturated heterocycles. The highest BCUT2D eigenvalue weighted by Gasteiger charge is 2.24. The topological polar surface area (TPSA) is 51.4 Å². The molecule has 4 heteroatoms. The molecule has 2 N–H and O–H groups in total. The van der Waals surface area contributed by atoms with Crippen LogP contribution in [0.3, 0.4) is 0 Å². The van der Waals surface area contributed by atoms with Gasteiger partial charge in [0.15, 0.2) is 0 Å². The summed E-state index contributed by atoms with van der Waals surface area (Å²) in [7, 11) is 2.13. The number of rotatable bonds is 5. The first-order valence-corrected chi connectivity index (χ1v) is 7.34. The van der Waals surface area contributed by atoms with E-state index in [0.717, 1.165) is 35.6 Å². The molecule has 1 aromatic heterocycles. The van der Waals surface area contributed by atoms with Crippen LogP contribution < -0.4 is 10.5 Å². The monoisotopic (exact) mass is 283 g/mol. The summed E-state index contributed by atoms with van der Waals surface area (Å²) in [6.45, 7) is 2.44. The van der Waals surface area contributed by atoms with Crippen LogP contribution in [0.5, 0.6) is 5.75 Å². The fraction of sp³-hybridized carbons (Fsp3) is 0.353. The minimum absolute atomic E-state index is 0.536. The normalized spacial score (nSPS) is 18.3.